The van der Waals surface area contributed by atoms with Crippen molar-refractivity contribution in [1.29, 1.82) is 0 Å². The molecule has 1 aromatic carbocycles. The topological polar surface area (TPSA) is 12.9 Å². The Balaban J connectivity index is 2.93. The van der Waals surface area contributed by atoms with E-state index in [1.54, 1.807) is 19.1 Å². The highest BCUT2D eigenvalue weighted by Gasteiger charge is 2.09. The van der Waals surface area contributed by atoms with Crippen LogP contribution < -0.4 is 0 Å². The fourth-order valence-electron chi connectivity index (χ4n) is 1.04. The van der Waals surface area contributed by atoms with E-state index in [-0.39, 0.29) is 5.82 Å². The van der Waals surface area contributed by atoms with Crippen LogP contribution in [0.3, 0.4) is 0 Å². The van der Waals surface area contributed by atoms with Crippen LogP contribution in [0.25, 0.3) is 10.1 Å². The van der Waals surface area contributed by atoms with Gasteiger partial charge in [-0.15, -0.1) is 0 Å². The number of halogens is 2. The molecule has 0 atom stereocenters. The van der Waals surface area contributed by atoms with Gasteiger partial charge in [0.25, 0.3) is 0 Å². The van der Waals surface area contributed by atoms with E-state index >= 15 is 0 Å². The minimum Gasteiger partial charge on any atom is -0.205 e. The quantitative estimate of drug-likeness (QED) is 0.637. The molecule has 2 rings (SSSR count). The highest BCUT2D eigenvalue weighted by molar-refractivity contribution is 7.13. The molecule has 1 heterocycles. The first-order chi connectivity index (χ1) is 5.70. The zero-order valence-electron chi connectivity index (χ0n) is 6.27. The maximum absolute atomic E-state index is 13.3. The van der Waals surface area contributed by atoms with E-state index in [2.05, 4.69) is 4.37 Å². The number of hydrogen-bond donors (Lipinski definition) is 0. The summed E-state index contributed by atoms with van der Waals surface area (Å²) in [5.41, 5.74) is 0.628. The van der Waals surface area contributed by atoms with Crippen molar-refractivity contribution in [2.45, 2.75) is 6.92 Å². The van der Waals surface area contributed by atoms with E-state index in [0.717, 1.165) is 11.5 Å². The molecular formula is C8H5ClFNS. The van der Waals surface area contributed by atoms with Gasteiger partial charge in [0.15, 0.2) is 5.15 Å². The monoisotopic (exact) mass is 201 g/mol. The molecule has 0 saturated carbocycles. The fourth-order valence-corrected chi connectivity index (χ4v) is 2.13. The molecule has 0 bridgehead atoms. The molecule has 1 aromatic heterocycles. The number of benzene rings is 1. The third kappa shape index (κ3) is 1.01. The Kier molecular flexibility index (Phi) is 1.77. The van der Waals surface area contributed by atoms with Crippen molar-refractivity contribution in [2.75, 3.05) is 0 Å². The van der Waals surface area contributed by atoms with Crippen LogP contribution in [0, 0.1) is 12.7 Å². The Bertz CT molecular complexity index is 438. The van der Waals surface area contributed by atoms with Crippen molar-refractivity contribution in [3.63, 3.8) is 0 Å². The van der Waals surface area contributed by atoms with Crippen LogP contribution in [0.2, 0.25) is 5.15 Å². The van der Waals surface area contributed by atoms with Crippen molar-refractivity contribution < 1.29 is 4.39 Å². The number of nitrogens with zero attached hydrogens (tertiary/aromatic N) is 1. The molecule has 0 aliphatic carbocycles. The Labute approximate surface area is 77.9 Å². The van der Waals surface area contributed by atoms with Gasteiger partial charge in [-0.3, -0.25) is 0 Å². The molecule has 0 N–H and O–H groups in total. The predicted molar refractivity (Wildman–Crippen MR) is 49.3 cm³/mol. The van der Waals surface area contributed by atoms with Gasteiger partial charge in [0.1, 0.15) is 5.82 Å². The first-order valence-corrected chi connectivity index (χ1v) is 4.55. The minimum atomic E-state index is -0.211. The lowest BCUT2D eigenvalue weighted by atomic mass is 10.2. The first kappa shape index (κ1) is 7.95. The van der Waals surface area contributed by atoms with Crippen LogP contribution >= 0.6 is 23.1 Å². The average Bonchev–Trinajstić information content (AvgIpc) is 2.41. The lowest BCUT2D eigenvalue weighted by molar-refractivity contribution is 0.632. The van der Waals surface area contributed by atoms with E-state index in [1.165, 1.54) is 0 Å². The highest BCUT2D eigenvalue weighted by atomic mass is 35.5. The van der Waals surface area contributed by atoms with Crippen LogP contribution in [0.4, 0.5) is 4.39 Å². The summed E-state index contributed by atoms with van der Waals surface area (Å²) in [5, 5.41) is 1.08. The number of fused-ring (bicyclic) bond motifs is 1. The SMILES string of the molecule is Cc1ccc2c(Cl)nsc2c1F. The van der Waals surface area contributed by atoms with Crippen LogP contribution in [0.15, 0.2) is 12.1 Å². The summed E-state index contributed by atoms with van der Waals surface area (Å²) in [7, 11) is 0. The van der Waals surface area contributed by atoms with Crippen molar-refractivity contribution in [3.8, 4) is 0 Å². The van der Waals surface area contributed by atoms with Gasteiger partial charge >= 0.3 is 0 Å². The van der Waals surface area contributed by atoms with Gasteiger partial charge < -0.3 is 0 Å². The van der Waals surface area contributed by atoms with Crippen LogP contribution in [-0.2, 0) is 0 Å². The van der Waals surface area contributed by atoms with Gasteiger partial charge in [0.2, 0.25) is 0 Å². The molecular weight excluding hydrogens is 197 g/mol. The van der Waals surface area contributed by atoms with Crippen molar-refractivity contribution in [1.82, 2.24) is 4.37 Å². The highest BCUT2D eigenvalue weighted by Crippen LogP contribution is 2.29. The average molecular weight is 202 g/mol. The zero-order valence-corrected chi connectivity index (χ0v) is 7.84. The molecule has 0 unspecified atom stereocenters. The molecule has 0 saturated heterocycles. The van der Waals surface area contributed by atoms with Gasteiger partial charge in [-0.05, 0) is 30.1 Å². The predicted octanol–water partition coefficient (Wildman–Crippen LogP) is 3.40. The molecule has 1 nitrogen and oxygen atoms in total. The third-order valence-corrected chi connectivity index (χ3v) is 2.97. The summed E-state index contributed by atoms with van der Waals surface area (Å²) in [6.45, 7) is 1.72. The summed E-state index contributed by atoms with van der Waals surface area (Å²) < 4.78 is 17.7. The number of rotatable bonds is 0. The van der Waals surface area contributed by atoms with E-state index in [1.807, 2.05) is 0 Å². The maximum atomic E-state index is 13.3. The van der Waals surface area contributed by atoms with E-state index in [9.17, 15) is 4.39 Å². The van der Waals surface area contributed by atoms with Crippen LogP contribution in [-0.4, -0.2) is 4.37 Å². The van der Waals surface area contributed by atoms with Gasteiger partial charge in [-0.1, -0.05) is 17.7 Å². The van der Waals surface area contributed by atoms with Gasteiger partial charge in [0, 0.05) is 5.39 Å². The van der Waals surface area contributed by atoms with E-state index in [4.69, 9.17) is 11.6 Å². The lowest BCUT2D eigenvalue weighted by Crippen LogP contribution is -1.79. The fraction of sp³-hybridized carbons (Fsp3) is 0.125. The molecule has 4 heteroatoms. The molecule has 2 aromatic rings. The van der Waals surface area contributed by atoms with Gasteiger partial charge in [0.05, 0.1) is 4.70 Å². The number of aromatic nitrogens is 1. The Morgan fingerprint density at radius 1 is 1.50 bits per heavy atom. The standard InChI is InChI=1S/C8H5ClFNS/c1-4-2-3-5-7(6(4)10)12-11-8(5)9/h2-3H,1H3. The second-order valence-corrected chi connectivity index (χ2v) is 3.68. The number of hydrogen-bond acceptors (Lipinski definition) is 2. The zero-order chi connectivity index (χ0) is 8.72. The molecule has 12 heavy (non-hydrogen) atoms. The first-order valence-electron chi connectivity index (χ1n) is 3.40. The van der Waals surface area contributed by atoms with Crippen LogP contribution in [0.5, 0.6) is 0 Å². The van der Waals surface area contributed by atoms with Crippen LogP contribution in [0.1, 0.15) is 5.56 Å². The molecule has 0 aliphatic heterocycles. The van der Waals surface area contributed by atoms with Gasteiger partial charge in [-0.2, -0.15) is 4.37 Å². The molecule has 0 fully saturated rings. The second kappa shape index (κ2) is 2.68. The van der Waals surface area contributed by atoms with Crippen molar-refractivity contribution >= 4 is 33.2 Å². The minimum absolute atomic E-state index is 0.211. The molecule has 0 radical (unpaired) electrons. The summed E-state index contributed by atoms with van der Waals surface area (Å²) in [6.07, 6.45) is 0. The maximum Gasteiger partial charge on any atom is 0.150 e. The summed E-state index contributed by atoms with van der Waals surface area (Å²) >= 11 is 6.83. The van der Waals surface area contributed by atoms with Gasteiger partial charge in [-0.25, -0.2) is 4.39 Å². The Hall–Kier alpha value is -0.670. The molecule has 0 spiro atoms. The largest absolute Gasteiger partial charge is 0.205 e. The number of aryl methyl sites for hydroxylation is 1. The normalized spacial score (nSPS) is 10.9. The summed E-state index contributed by atoms with van der Waals surface area (Å²) in [5.74, 6) is -0.211. The smallest absolute Gasteiger partial charge is 0.150 e. The van der Waals surface area contributed by atoms with E-state index < -0.39 is 0 Å². The molecule has 62 valence electrons. The second-order valence-electron chi connectivity index (χ2n) is 2.55. The Morgan fingerprint density at radius 3 is 3.00 bits per heavy atom. The third-order valence-electron chi connectivity index (χ3n) is 1.73. The Morgan fingerprint density at radius 2 is 2.25 bits per heavy atom. The molecule has 0 aliphatic rings. The van der Waals surface area contributed by atoms with Crippen molar-refractivity contribution in [2.24, 2.45) is 0 Å². The lowest BCUT2D eigenvalue weighted by Gasteiger charge is -1.94. The summed E-state index contributed by atoms with van der Waals surface area (Å²) in [4.78, 5) is 0. The molecule has 0 amide bonds. The summed E-state index contributed by atoms with van der Waals surface area (Å²) in [6, 6.07) is 3.50. The van der Waals surface area contributed by atoms with Crippen molar-refractivity contribution in [3.05, 3.63) is 28.7 Å². The van der Waals surface area contributed by atoms with E-state index in [0.29, 0.717) is 20.8 Å².